The molecular formula is C15H30Cl2N4O2. The van der Waals surface area contributed by atoms with Gasteiger partial charge in [-0.05, 0) is 38.6 Å². The normalized spacial score (nSPS) is 25.1. The summed E-state index contributed by atoms with van der Waals surface area (Å²) in [4.78, 5) is 26.0. The highest BCUT2D eigenvalue weighted by Crippen LogP contribution is 2.24. The second-order valence-electron chi connectivity index (χ2n) is 6.16. The Balaban J connectivity index is 0.00000242. The van der Waals surface area contributed by atoms with E-state index in [0.29, 0.717) is 6.54 Å². The molecule has 23 heavy (non-hydrogen) atoms. The zero-order valence-electron chi connectivity index (χ0n) is 14.0. The number of likely N-dealkylation sites (N-methyl/N-ethyl adjacent to an activating group) is 1. The molecule has 0 aromatic carbocycles. The van der Waals surface area contributed by atoms with Crippen LogP contribution in [0.5, 0.6) is 0 Å². The quantitative estimate of drug-likeness (QED) is 0.667. The summed E-state index contributed by atoms with van der Waals surface area (Å²) in [6.45, 7) is 5.20. The van der Waals surface area contributed by atoms with Crippen molar-refractivity contribution in [1.82, 2.24) is 20.9 Å². The summed E-state index contributed by atoms with van der Waals surface area (Å²) < 4.78 is 0. The monoisotopic (exact) mass is 368 g/mol. The lowest BCUT2D eigenvalue weighted by molar-refractivity contribution is -0.128. The van der Waals surface area contributed by atoms with Crippen LogP contribution in [0.2, 0.25) is 0 Å². The Morgan fingerprint density at radius 1 is 1.26 bits per heavy atom. The number of halogens is 2. The lowest BCUT2D eigenvalue weighted by Gasteiger charge is -2.34. The van der Waals surface area contributed by atoms with Gasteiger partial charge in [0.1, 0.15) is 0 Å². The first-order chi connectivity index (χ1) is 10.1. The third-order valence-electron chi connectivity index (χ3n) is 4.85. The lowest BCUT2D eigenvalue weighted by Crippen LogP contribution is -2.57. The average Bonchev–Trinajstić information content (AvgIpc) is 2.99. The summed E-state index contributed by atoms with van der Waals surface area (Å²) in [6, 6.07) is 0.240. The Hall–Kier alpha value is -0.560. The van der Waals surface area contributed by atoms with Crippen LogP contribution in [0, 0.1) is 0 Å². The van der Waals surface area contributed by atoms with Crippen molar-refractivity contribution in [2.75, 3.05) is 33.2 Å². The average molecular weight is 369 g/mol. The largest absolute Gasteiger partial charge is 0.358 e. The summed E-state index contributed by atoms with van der Waals surface area (Å²) in [6.07, 6.45) is 4.69. The molecule has 6 nitrogen and oxygen atoms in total. The van der Waals surface area contributed by atoms with Gasteiger partial charge < -0.3 is 16.0 Å². The molecule has 1 atom stereocenters. The minimum absolute atomic E-state index is 0. The van der Waals surface area contributed by atoms with Gasteiger partial charge in [-0.2, -0.15) is 0 Å². The van der Waals surface area contributed by atoms with Crippen molar-refractivity contribution in [1.29, 1.82) is 0 Å². The van der Waals surface area contributed by atoms with Gasteiger partial charge in [-0.25, -0.2) is 0 Å². The number of hydrogen-bond donors (Lipinski definition) is 3. The maximum absolute atomic E-state index is 12.5. The van der Waals surface area contributed by atoms with Gasteiger partial charge in [-0.1, -0.05) is 6.92 Å². The number of carbonyl (C=O) groups excluding carboxylic acids is 2. The summed E-state index contributed by atoms with van der Waals surface area (Å²) in [5, 5.41) is 9.23. The molecule has 2 fully saturated rings. The van der Waals surface area contributed by atoms with Crippen LogP contribution in [0.15, 0.2) is 0 Å². The number of rotatable bonds is 5. The van der Waals surface area contributed by atoms with Crippen LogP contribution < -0.4 is 16.0 Å². The van der Waals surface area contributed by atoms with E-state index in [1.807, 2.05) is 0 Å². The highest BCUT2D eigenvalue weighted by atomic mass is 35.5. The maximum atomic E-state index is 12.5. The fourth-order valence-corrected chi connectivity index (χ4v) is 3.30. The van der Waals surface area contributed by atoms with Crippen molar-refractivity contribution < 1.29 is 9.59 Å². The van der Waals surface area contributed by atoms with Crippen molar-refractivity contribution in [2.45, 2.75) is 50.6 Å². The zero-order valence-corrected chi connectivity index (χ0v) is 15.7. The molecule has 136 valence electrons. The number of likely N-dealkylation sites (tertiary alicyclic amines) is 1. The fourth-order valence-electron chi connectivity index (χ4n) is 3.30. The van der Waals surface area contributed by atoms with Gasteiger partial charge in [-0.15, -0.1) is 24.8 Å². The standard InChI is InChI=1S/C15H28N4O2.2ClH/c1-3-15(7-4-8-17-15)14(21)18-12-5-9-19(10-6-12)11-13(20)16-2;;/h12,17H,3-11H2,1-2H3,(H,16,20)(H,18,21);2*1H. The topological polar surface area (TPSA) is 73.5 Å². The smallest absolute Gasteiger partial charge is 0.240 e. The summed E-state index contributed by atoms with van der Waals surface area (Å²) in [5.74, 6) is 0.213. The number of hydrogen-bond acceptors (Lipinski definition) is 4. The molecule has 0 saturated carbocycles. The summed E-state index contributed by atoms with van der Waals surface area (Å²) in [7, 11) is 1.66. The molecule has 2 aliphatic rings. The second kappa shape index (κ2) is 10.3. The molecule has 2 rings (SSSR count). The first-order valence-electron chi connectivity index (χ1n) is 8.08. The van der Waals surface area contributed by atoms with Gasteiger partial charge in [0.15, 0.2) is 0 Å². The first-order valence-corrected chi connectivity index (χ1v) is 8.08. The minimum atomic E-state index is -0.348. The molecule has 2 amide bonds. The van der Waals surface area contributed by atoms with E-state index in [2.05, 4.69) is 27.8 Å². The second-order valence-corrected chi connectivity index (χ2v) is 6.16. The van der Waals surface area contributed by atoms with Crippen molar-refractivity contribution in [2.24, 2.45) is 0 Å². The molecule has 0 aromatic rings. The maximum Gasteiger partial charge on any atom is 0.240 e. The molecule has 8 heteroatoms. The van der Waals surface area contributed by atoms with Gasteiger partial charge >= 0.3 is 0 Å². The molecule has 1 unspecified atom stereocenters. The molecule has 3 N–H and O–H groups in total. The molecule has 0 aliphatic carbocycles. The number of amides is 2. The zero-order chi connectivity index (χ0) is 15.3. The molecule has 0 radical (unpaired) electrons. The van der Waals surface area contributed by atoms with Crippen molar-refractivity contribution >= 4 is 36.6 Å². The van der Waals surface area contributed by atoms with E-state index in [-0.39, 0.29) is 48.2 Å². The van der Waals surface area contributed by atoms with E-state index in [0.717, 1.165) is 51.7 Å². The van der Waals surface area contributed by atoms with Crippen LogP contribution in [0.3, 0.4) is 0 Å². The van der Waals surface area contributed by atoms with Crippen LogP contribution >= 0.6 is 24.8 Å². The molecule has 0 spiro atoms. The van der Waals surface area contributed by atoms with E-state index in [1.54, 1.807) is 7.05 Å². The first kappa shape index (κ1) is 22.4. The lowest BCUT2D eigenvalue weighted by atomic mass is 9.92. The third-order valence-corrected chi connectivity index (χ3v) is 4.85. The van der Waals surface area contributed by atoms with E-state index < -0.39 is 0 Å². The minimum Gasteiger partial charge on any atom is -0.358 e. The highest BCUT2D eigenvalue weighted by Gasteiger charge is 2.40. The van der Waals surface area contributed by atoms with Gasteiger partial charge in [0, 0.05) is 26.2 Å². The number of nitrogens with one attached hydrogen (secondary N) is 3. The van der Waals surface area contributed by atoms with Gasteiger partial charge in [0.05, 0.1) is 12.1 Å². The molecular weight excluding hydrogens is 339 g/mol. The number of piperidine rings is 1. The van der Waals surface area contributed by atoms with Gasteiger partial charge in [0.2, 0.25) is 11.8 Å². The Morgan fingerprint density at radius 2 is 1.91 bits per heavy atom. The Morgan fingerprint density at radius 3 is 2.39 bits per heavy atom. The molecule has 0 aromatic heterocycles. The summed E-state index contributed by atoms with van der Waals surface area (Å²) >= 11 is 0. The highest BCUT2D eigenvalue weighted by molar-refractivity contribution is 5.87. The number of nitrogens with zero attached hydrogens (tertiary/aromatic N) is 1. The molecule has 2 aliphatic heterocycles. The third kappa shape index (κ3) is 5.78. The molecule has 0 bridgehead atoms. The van der Waals surface area contributed by atoms with E-state index >= 15 is 0 Å². The van der Waals surface area contributed by atoms with Crippen LogP contribution in [0.1, 0.15) is 39.0 Å². The SMILES string of the molecule is CCC1(C(=O)NC2CCN(CC(=O)NC)CC2)CCCN1.Cl.Cl. The van der Waals surface area contributed by atoms with Crippen molar-refractivity contribution in [3.05, 3.63) is 0 Å². The van der Waals surface area contributed by atoms with Crippen molar-refractivity contribution in [3.8, 4) is 0 Å². The predicted octanol–water partition coefficient (Wildman–Crippen LogP) is 0.689. The Labute approximate surface area is 151 Å². The summed E-state index contributed by atoms with van der Waals surface area (Å²) in [5.41, 5.74) is -0.348. The van der Waals surface area contributed by atoms with Gasteiger partial charge in [-0.3, -0.25) is 14.5 Å². The van der Waals surface area contributed by atoms with Crippen molar-refractivity contribution in [3.63, 3.8) is 0 Å². The number of carbonyl (C=O) groups is 2. The van der Waals surface area contributed by atoms with Crippen LogP contribution in [-0.4, -0.2) is 61.5 Å². The Bertz CT molecular complexity index is 382. The van der Waals surface area contributed by atoms with Gasteiger partial charge in [0.25, 0.3) is 0 Å². The van der Waals surface area contributed by atoms with Crippen LogP contribution in [0.4, 0.5) is 0 Å². The predicted molar refractivity (Wildman–Crippen MR) is 96.4 cm³/mol. The van der Waals surface area contributed by atoms with Crippen LogP contribution in [0.25, 0.3) is 0 Å². The van der Waals surface area contributed by atoms with E-state index in [9.17, 15) is 9.59 Å². The molecule has 2 heterocycles. The van der Waals surface area contributed by atoms with E-state index in [4.69, 9.17) is 0 Å². The Kier molecular flexibility index (Phi) is 10.1. The van der Waals surface area contributed by atoms with E-state index in [1.165, 1.54) is 0 Å². The fraction of sp³-hybridized carbons (Fsp3) is 0.867. The van der Waals surface area contributed by atoms with Crippen LogP contribution in [-0.2, 0) is 9.59 Å². The molecule has 2 saturated heterocycles.